The monoisotopic (exact) mass is 265 g/mol. The van der Waals surface area contributed by atoms with E-state index in [1.54, 1.807) is 6.07 Å². The number of hydrogen-bond acceptors (Lipinski definition) is 3. The second-order valence-corrected chi connectivity index (χ2v) is 5.25. The number of nitrogens with zero attached hydrogens (tertiary/aromatic N) is 2. The first-order valence-corrected chi connectivity index (χ1v) is 7.13. The van der Waals surface area contributed by atoms with Gasteiger partial charge in [0.1, 0.15) is 5.82 Å². The van der Waals surface area contributed by atoms with Gasteiger partial charge in [-0.15, -0.1) is 0 Å². The first-order valence-electron chi connectivity index (χ1n) is 7.13. The molecule has 1 aromatic rings. The number of piperazine rings is 1. The van der Waals surface area contributed by atoms with Crippen LogP contribution in [0.3, 0.4) is 0 Å². The first-order chi connectivity index (χ1) is 9.15. The van der Waals surface area contributed by atoms with Crippen molar-refractivity contribution in [3.8, 4) is 0 Å². The van der Waals surface area contributed by atoms with Crippen LogP contribution in [0, 0.1) is 5.82 Å². The minimum Gasteiger partial charge on any atom is -0.366 e. The number of benzene rings is 1. The maximum Gasteiger partial charge on any atom is 0.146 e. The fourth-order valence-electron chi connectivity index (χ4n) is 2.81. The molecule has 0 saturated carbocycles. The third-order valence-corrected chi connectivity index (χ3v) is 3.96. The summed E-state index contributed by atoms with van der Waals surface area (Å²) in [7, 11) is 0. The molecule has 1 atom stereocenters. The minimum absolute atomic E-state index is 0.122. The van der Waals surface area contributed by atoms with E-state index in [2.05, 4.69) is 23.6 Å². The van der Waals surface area contributed by atoms with Crippen LogP contribution in [0.5, 0.6) is 0 Å². The maximum absolute atomic E-state index is 14.2. The Kier molecular flexibility index (Phi) is 4.77. The highest BCUT2D eigenvalue weighted by molar-refractivity contribution is 5.50. The lowest BCUT2D eigenvalue weighted by Gasteiger charge is -2.40. The quantitative estimate of drug-likeness (QED) is 0.902. The smallest absolute Gasteiger partial charge is 0.146 e. The molecule has 0 bridgehead atoms. The molecule has 19 heavy (non-hydrogen) atoms. The summed E-state index contributed by atoms with van der Waals surface area (Å²) in [5.74, 6) is -0.122. The molecule has 1 unspecified atom stereocenters. The number of rotatable bonds is 4. The van der Waals surface area contributed by atoms with Gasteiger partial charge in [0.15, 0.2) is 0 Å². The van der Waals surface area contributed by atoms with Crippen LogP contribution in [0.15, 0.2) is 18.2 Å². The van der Waals surface area contributed by atoms with Crippen LogP contribution >= 0.6 is 0 Å². The number of hydrogen-bond donors (Lipinski definition) is 1. The van der Waals surface area contributed by atoms with Crippen molar-refractivity contribution in [2.24, 2.45) is 5.73 Å². The average molecular weight is 265 g/mol. The predicted octanol–water partition coefficient (Wildman–Crippen LogP) is 1.86. The van der Waals surface area contributed by atoms with Crippen LogP contribution in [0.1, 0.15) is 19.4 Å². The highest BCUT2D eigenvalue weighted by atomic mass is 19.1. The number of nitrogens with two attached hydrogens (primary N) is 1. The molecule has 0 aromatic heterocycles. The summed E-state index contributed by atoms with van der Waals surface area (Å²) in [4.78, 5) is 4.58. The van der Waals surface area contributed by atoms with Gasteiger partial charge in [-0.2, -0.15) is 0 Å². The molecular formula is C15H24FN3. The lowest BCUT2D eigenvalue weighted by molar-refractivity contribution is 0.199. The van der Waals surface area contributed by atoms with Gasteiger partial charge in [0.25, 0.3) is 0 Å². The van der Waals surface area contributed by atoms with Crippen molar-refractivity contribution in [3.63, 3.8) is 0 Å². The zero-order chi connectivity index (χ0) is 13.8. The highest BCUT2D eigenvalue weighted by Crippen LogP contribution is 2.23. The van der Waals surface area contributed by atoms with Gasteiger partial charge in [-0.05, 0) is 44.1 Å². The Morgan fingerprint density at radius 2 is 2.16 bits per heavy atom. The Morgan fingerprint density at radius 1 is 1.37 bits per heavy atom. The molecule has 1 heterocycles. The topological polar surface area (TPSA) is 32.5 Å². The van der Waals surface area contributed by atoms with E-state index in [9.17, 15) is 4.39 Å². The molecule has 1 aliphatic rings. The zero-order valence-electron chi connectivity index (χ0n) is 11.9. The molecule has 1 fully saturated rings. The normalized spacial score (nSPS) is 20.8. The molecule has 0 radical (unpaired) electrons. The van der Waals surface area contributed by atoms with Crippen LogP contribution < -0.4 is 10.6 Å². The van der Waals surface area contributed by atoms with Gasteiger partial charge in [-0.25, -0.2) is 4.39 Å². The third kappa shape index (κ3) is 3.25. The molecule has 4 heteroatoms. The van der Waals surface area contributed by atoms with E-state index >= 15 is 0 Å². The second-order valence-electron chi connectivity index (χ2n) is 5.25. The Labute approximate surface area is 115 Å². The van der Waals surface area contributed by atoms with Crippen LogP contribution in [0.4, 0.5) is 10.1 Å². The van der Waals surface area contributed by atoms with Crippen molar-refractivity contribution >= 4 is 5.69 Å². The van der Waals surface area contributed by atoms with Crippen LogP contribution in [0.2, 0.25) is 0 Å². The van der Waals surface area contributed by atoms with Gasteiger partial charge in [0.05, 0.1) is 5.69 Å². The Morgan fingerprint density at radius 3 is 2.74 bits per heavy atom. The van der Waals surface area contributed by atoms with Crippen molar-refractivity contribution in [2.75, 3.05) is 37.6 Å². The van der Waals surface area contributed by atoms with Crippen molar-refractivity contribution in [1.82, 2.24) is 4.90 Å². The van der Waals surface area contributed by atoms with E-state index in [-0.39, 0.29) is 5.82 Å². The number of likely N-dealkylation sites (N-methyl/N-ethyl adjacent to an activating group) is 1. The molecule has 106 valence electrons. The minimum atomic E-state index is -0.122. The van der Waals surface area contributed by atoms with E-state index in [0.717, 1.165) is 43.9 Å². The summed E-state index contributed by atoms with van der Waals surface area (Å²) in [6.45, 7) is 8.79. The molecule has 1 aliphatic heterocycles. The summed E-state index contributed by atoms with van der Waals surface area (Å²) in [6, 6.07) is 5.98. The van der Waals surface area contributed by atoms with Crippen molar-refractivity contribution in [1.29, 1.82) is 0 Å². The van der Waals surface area contributed by atoms with Crippen molar-refractivity contribution < 1.29 is 4.39 Å². The van der Waals surface area contributed by atoms with E-state index < -0.39 is 0 Å². The van der Waals surface area contributed by atoms with Crippen LogP contribution in [-0.2, 0) is 6.42 Å². The molecular weight excluding hydrogens is 241 g/mol. The summed E-state index contributed by atoms with van der Waals surface area (Å²) in [6.07, 6.45) is 0.733. The Bertz CT molecular complexity index is 422. The standard InChI is InChI=1S/C15H24FN3/c1-3-18-8-9-19(11-12(18)2)15-5-4-13(6-7-17)10-14(15)16/h4-5,10,12H,3,6-9,11,17H2,1-2H3. The molecule has 1 aromatic carbocycles. The van der Waals surface area contributed by atoms with Gasteiger partial charge in [-0.3, -0.25) is 4.90 Å². The lowest BCUT2D eigenvalue weighted by Crippen LogP contribution is -2.51. The molecule has 1 saturated heterocycles. The molecule has 0 spiro atoms. The highest BCUT2D eigenvalue weighted by Gasteiger charge is 2.24. The van der Waals surface area contributed by atoms with Crippen molar-refractivity contribution in [2.45, 2.75) is 26.3 Å². The van der Waals surface area contributed by atoms with Gasteiger partial charge >= 0.3 is 0 Å². The first kappa shape index (κ1) is 14.3. The van der Waals surface area contributed by atoms with Gasteiger partial charge in [0.2, 0.25) is 0 Å². The van der Waals surface area contributed by atoms with Crippen LogP contribution in [-0.4, -0.2) is 43.7 Å². The van der Waals surface area contributed by atoms with E-state index in [0.29, 0.717) is 12.6 Å². The Balaban J connectivity index is 2.10. The second kappa shape index (κ2) is 6.35. The van der Waals surface area contributed by atoms with Gasteiger partial charge in [-0.1, -0.05) is 13.0 Å². The van der Waals surface area contributed by atoms with Gasteiger partial charge < -0.3 is 10.6 Å². The largest absolute Gasteiger partial charge is 0.366 e. The Hall–Kier alpha value is -1.13. The number of halogens is 1. The predicted molar refractivity (Wildman–Crippen MR) is 78.1 cm³/mol. The van der Waals surface area contributed by atoms with E-state index in [1.807, 2.05) is 12.1 Å². The number of anilines is 1. The summed E-state index contributed by atoms with van der Waals surface area (Å²) in [5, 5.41) is 0. The molecule has 0 amide bonds. The fourth-order valence-corrected chi connectivity index (χ4v) is 2.81. The molecule has 2 N–H and O–H groups in total. The lowest BCUT2D eigenvalue weighted by atomic mass is 10.1. The van der Waals surface area contributed by atoms with Crippen molar-refractivity contribution in [3.05, 3.63) is 29.6 Å². The zero-order valence-corrected chi connectivity index (χ0v) is 11.9. The molecule has 3 nitrogen and oxygen atoms in total. The maximum atomic E-state index is 14.2. The third-order valence-electron chi connectivity index (χ3n) is 3.96. The molecule has 0 aliphatic carbocycles. The summed E-state index contributed by atoms with van der Waals surface area (Å²) in [5.41, 5.74) is 7.20. The summed E-state index contributed by atoms with van der Waals surface area (Å²) < 4.78 is 14.2. The van der Waals surface area contributed by atoms with Gasteiger partial charge in [0, 0.05) is 25.7 Å². The summed E-state index contributed by atoms with van der Waals surface area (Å²) >= 11 is 0. The average Bonchev–Trinajstić information content (AvgIpc) is 2.39. The van der Waals surface area contributed by atoms with E-state index in [4.69, 9.17) is 5.73 Å². The van der Waals surface area contributed by atoms with E-state index in [1.165, 1.54) is 0 Å². The molecule has 2 rings (SSSR count). The van der Waals surface area contributed by atoms with Crippen LogP contribution in [0.25, 0.3) is 0 Å². The fraction of sp³-hybridized carbons (Fsp3) is 0.600. The SMILES string of the molecule is CCN1CCN(c2ccc(CCN)cc2F)CC1C.